The Kier molecular flexibility index (Phi) is 39.1. The van der Waals surface area contributed by atoms with Gasteiger partial charge >= 0.3 is 0 Å². The maximum Gasteiger partial charge on any atom is 0.217 e. The van der Waals surface area contributed by atoms with Crippen LogP contribution in [0.3, 0.4) is 0 Å². The van der Waals surface area contributed by atoms with Crippen molar-refractivity contribution in [1.82, 2.24) is 21.3 Å². The van der Waals surface area contributed by atoms with Crippen molar-refractivity contribution in [2.24, 2.45) is 0 Å². The molecule has 11 heterocycles. The van der Waals surface area contributed by atoms with E-state index in [-0.39, 0.29) is 0 Å². The lowest BCUT2D eigenvalue weighted by atomic mass is 9.93. The largest absolute Gasteiger partial charge is 0.394 e. The predicted octanol–water partition coefficient (Wildman–Crippen LogP) is -23.4. The number of ether oxygens (including phenoxy) is 21. The molecule has 55 atom stereocenters. The van der Waals surface area contributed by atoms with Crippen molar-refractivity contribution in [3.05, 3.63) is 0 Å². The van der Waals surface area contributed by atoms with Crippen LogP contribution in [0.5, 0.6) is 0 Å². The van der Waals surface area contributed by atoms with Gasteiger partial charge in [0.05, 0.1) is 72.2 Å². The molecule has 11 saturated heterocycles. The lowest BCUT2D eigenvalue weighted by Crippen LogP contribution is -2.71. The number of amides is 4. The summed E-state index contributed by atoms with van der Waals surface area (Å²) in [6.07, 6.45) is -107. The molecule has 0 saturated carbocycles. The quantitative estimate of drug-likeness (QED) is 0.0284. The van der Waals surface area contributed by atoms with Crippen LogP contribution in [0, 0.1) is 0 Å². The minimum Gasteiger partial charge on any atom is -0.394 e. The zero-order valence-electron chi connectivity index (χ0n) is 71.4. The van der Waals surface area contributed by atoms with Gasteiger partial charge in [0, 0.05) is 27.7 Å². The van der Waals surface area contributed by atoms with E-state index in [0.717, 1.165) is 27.7 Å². The van der Waals surface area contributed by atoms with Crippen LogP contribution < -0.4 is 21.3 Å². The maximum absolute atomic E-state index is 13.3. The Morgan fingerprint density at radius 3 is 0.842 bits per heavy atom. The lowest BCUT2D eigenvalue weighted by Gasteiger charge is -2.51. The van der Waals surface area contributed by atoms with Crippen LogP contribution in [-0.4, -0.2) is 580 Å². The molecule has 11 fully saturated rings. The minimum atomic E-state index is -2.66. The molecule has 0 radical (unpaired) electrons. The van der Waals surface area contributed by atoms with Gasteiger partial charge in [-0.2, -0.15) is 0 Å². The molecule has 0 aromatic carbocycles. The topological polar surface area (TPSA) is 917 Å². The van der Waals surface area contributed by atoms with E-state index >= 15 is 0 Å². The Hall–Kier alpha value is -4.16. The van der Waals surface area contributed by atoms with Gasteiger partial charge < -0.3 is 274 Å². The highest BCUT2D eigenvalue weighted by Crippen LogP contribution is 2.42. The summed E-state index contributed by atoms with van der Waals surface area (Å²) in [5.41, 5.74) is 0. The zero-order chi connectivity index (χ0) is 97.8. The van der Waals surface area contributed by atoms with Gasteiger partial charge in [-0.25, -0.2) is 0 Å². The summed E-state index contributed by atoms with van der Waals surface area (Å²) >= 11 is 0. The van der Waals surface area contributed by atoms with Crippen LogP contribution >= 0.6 is 0 Å². The molecule has 4 amide bonds. The Morgan fingerprint density at radius 2 is 0.459 bits per heavy atom. The molecule has 133 heavy (non-hydrogen) atoms. The van der Waals surface area contributed by atoms with Crippen molar-refractivity contribution in [2.75, 3.05) is 66.1 Å². The normalized spacial score (nSPS) is 50.1. The SMILES string of the molecule is CC(=O)N[C@@H]1[C@@H](O)[C@H](O[C@@H]2O[C@H](CO)[C@@H](O[C@@H]3O[C@H](CO[C@H]4O[C@H](CO)[C@@H](O)[C@H](O)[C@@H]4O[C@@H]4O[C@H](CO)[C@@H](O[C@@H]5O[C@H](CO)[C@H](O)[C@H](O[C@@H]6O[C@H](CO)[C@H](O)[C@H](O)[C@H]6O)[C@H]5O)[C@H](O)[C@H]4NC(C)=O)[C@@H](O)[C@H](O[C@H]4O[C@H](CO)[C@@H](O)[C@H](O)[C@@H]4O[C@@H]4O[C@H](CO)[C@@H](O[C@@H]5O[C@H](CO)[C@H](O)[C@H](O)[C@H]5O)[C@H](O)[C@H]4NC(C)=O)[C@@H]3O)[C@H](O)[C@H]2NC(C)=O)[C@@H](CO[C@@H]2O[C@@H](C)[C@@H](O)[C@@H](O)[C@@H]2O)O[C@H]1O. The Labute approximate surface area is 752 Å². The number of aliphatic hydroxyl groups excluding tert-OH is 30. The second-order valence-corrected chi connectivity index (χ2v) is 33.8. The molecule has 11 aliphatic rings. The van der Waals surface area contributed by atoms with E-state index in [9.17, 15) is 172 Å². The molecular formula is C74H124N4O55. The number of hydrogen-bond donors (Lipinski definition) is 34. The Balaban J connectivity index is 0.911. The molecule has 0 spiro atoms. The molecule has 59 nitrogen and oxygen atoms in total. The fourth-order valence-electron chi connectivity index (χ4n) is 17.3. The first-order valence-corrected chi connectivity index (χ1v) is 42.5. The third-order valence-corrected chi connectivity index (χ3v) is 24.5. The van der Waals surface area contributed by atoms with E-state index in [0.29, 0.717) is 0 Å². The zero-order valence-corrected chi connectivity index (χ0v) is 71.4. The summed E-state index contributed by atoms with van der Waals surface area (Å²) in [4.78, 5) is 52.0. The summed E-state index contributed by atoms with van der Waals surface area (Å²) in [5, 5.41) is 345. The lowest BCUT2D eigenvalue weighted by molar-refractivity contribution is -0.399. The van der Waals surface area contributed by atoms with Crippen molar-refractivity contribution in [2.45, 2.75) is 372 Å². The molecule has 770 valence electrons. The molecule has 11 rings (SSSR count). The van der Waals surface area contributed by atoms with Crippen molar-refractivity contribution in [3.8, 4) is 0 Å². The molecule has 0 aliphatic carbocycles. The first kappa shape index (κ1) is 109. The molecule has 34 N–H and O–H groups in total. The van der Waals surface area contributed by atoms with Gasteiger partial charge in [-0.05, 0) is 6.92 Å². The van der Waals surface area contributed by atoms with Crippen LogP contribution in [0.25, 0.3) is 0 Å². The van der Waals surface area contributed by atoms with E-state index in [1.165, 1.54) is 6.92 Å². The molecule has 0 unspecified atom stereocenters. The molecule has 0 aromatic rings. The van der Waals surface area contributed by atoms with Crippen LogP contribution in [0.15, 0.2) is 0 Å². The number of aliphatic hydroxyl groups is 30. The van der Waals surface area contributed by atoms with Gasteiger partial charge in [-0.15, -0.1) is 0 Å². The number of hydrogen-bond acceptors (Lipinski definition) is 55. The van der Waals surface area contributed by atoms with Gasteiger partial charge in [-0.1, -0.05) is 0 Å². The van der Waals surface area contributed by atoms with Gasteiger partial charge in [0.1, 0.15) is 262 Å². The standard InChI is InChI=1S/C74H124N4O55/c1-16-35(91)46(102)51(107)68(115-16)113-15-30-59(42(98)31(64(112)116-30)75-17(2)87)126-65-32(76-18(3)88)43(99)58(27(12-85)122-65)129-72-55(111)61(131-74-63(50(106)39(95)24(9-82)121-74)133-67-34(78-20(5)90)44(100)56(26(11-84)124-67)127-69-52(108)47(103)36(92)21(6-79)117-69)41(97)29(125-72)14-114-73-62(49(105)38(94)23(8-81)120-73)132-66-33(77-19(4)89)45(101)57(28(13-86)123-66)128-71-54(110)60(40(96)25(10-83)119-71)130-70-53(109)48(104)37(93)22(7-80)118-70/h16,21-74,79-86,91-112H,6-15H2,1-5H3,(H,75,87)(H,76,88)(H,77,89)(H,78,90)/t16-,21+,22+,23+,24+,25+,26+,27+,28+,29+,30+,31+,32+,33+,34+,35+,36-,37-,38+,39+,40-,41+,42+,43+,44+,45+,46+,47-,48-,49-,50-,51-,52+,53+,54+,55-,56+,57+,58+,59+,60-,61-,62-,63-,64+,65-,66-,67-,68+,69-,70-,71-,72-,73-,74+/m0/s1. The van der Waals surface area contributed by atoms with Crippen LogP contribution in [0.4, 0.5) is 0 Å². The predicted molar refractivity (Wildman–Crippen MR) is 407 cm³/mol. The second-order valence-electron chi connectivity index (χ2n) is 33.8. The van der Waals surface area contributed by atoms with Crippen LogP contribution in [0.1, 0.15) is 34.6 Å². The molecule has 59 heteroatoms. The number of rotatable bonds is 34. The van der Waals surface area contributed by atoms with Crippen molar-refractivity contribution in [1.29, 1.82) is 0 Å². The molecule has 11 aliphatic heterocycles. The van der Waals surface area contributed by atoms with Crippen LogP contribution in [-0.2, 0) is 119 Å². The summed E-state index contributed by atoms with van der Waals surface area (Å²) in [5.74, 6) is -3.87. The number of carbonyl (C=O) groups is 4. The fraction of sp³-hybridized carbons (Fsp3) is 0.946. The Bertz CT molecular complexity index is 3630. The van der Waals surface area contributed by atoms with E-state index in [1.807, 2.05) is 0 Å². The third-order valence-electron chi connectivity index (χ3n) is 24.5. The average Bonchev–Trinajstić information content (AvgIpc) is 0.759. The van der Waals surface area contributed by atoms with E-state index in [2.05, 4.69) is 21.3 Å². The number of nitrogens with one attached hydrogen (secondary N) is 4. The van der Waals surface area contributed by atoms with E-state index < -0.39 is 427 Å². The minimum absolute atomic E-state index is 0.859. The maximum atomic E-state index is 13.3. The second kappa shape index (κ2) is 47.6. The van der Waals surface area contributed by atoms with Gasteiger partial charge in [0.25, 0.3) is 0 Å². The smallest absolute Gasteiger partial charge is 0.217 e. The molecule has 0 bridgehead atoms. The summed E-state index contributed by atoms with van der Waals surface area (Å²) < 4.78 is 125. The first-order chi connectivity index (χ1) is 62.9. The first-order valence-electron chi connectivity index (χ1n) is 42.5. The van der Waals surface area contributed by atoms with Crippen molar-refractivity contribution < 1.29 is 272 Å². The van der Waals surface area contributed by atoms with E-state index in [1.54, 1.807) is 0 Å². The highest BCUT2D eigenvalue weighted by molar-refractivity contribution is 5.74. The Morgan fingerprint density at radius 1 is 0.211 bits per heavy atom. The van der Waals surface area contributed by atoms with E-state index in [4.69, 9.17) is 99.5 Å². The third kappa shape index (κ3) is 24.1. The van der Waals surface area contributed by atoms with Crippen molar-refractivity contribution >= 4 is 23.6 Å². The van der Waals surface area contributed by atoms with Gasteiger partial charge in [-0.3, -0.25) is 19.2 Å². The highest BCUT2D eigenvalue weighted by atomic mass is 16.8. The molecule has 0 aromatic heterocycles. The van der Waals surface area contributed by atoms with Gasteiger partial charge in [0.2, 0.25) is 23.6 Å². The summed E-state index contributed by atoms with van der Waals surface area (Å²) in [6, 6.07) is -7.87. The monoisotopic (exact) mass is 1950 g/mol. The summed E-state index contributed by atoms with van der Waals surface area (Å²) in [7, 11) is 0. The highest BCUT2D eigenvalue weighted by Gasteiger charge is 2.63. The summed E-state index contributed by atoms with van der Waals surface area (Å²) in [6.45, 7) is -6.29. The van der Waals surface area contributed by atoms with Gasteiger partial charge in [0.15, 0.2) is 69.2 Å². The molecular weight excluding hydrogens is 1820 g/mol. The van der Waals surface area contributed by atoms with Crippen molar-refractivity contribution in [3.63, 3.8) is 0 Å². The number of carbonyl (C=O) groups excluding carboxylic acids is 4. The van der Waals surface area contributed by atoms with Crippen LogP contribution in [0.2, 0.25) is 0 Å². The fourth-order valence-corrected chi connectivity index (χ4v) is 17.3. The average molecular weight is 1950 g/mol.